The van der Waals surface area contributed by atoms with Gasteiger partial charge in [-0.05, 0) is 19.3 Å². The molecule has 0 radical (unpaired) electrons. The quantitative estimate of drug-likeness (QED) is 0.736. The van der Waals surface area contributed by atoms with Gasteiger partial charge in [-0.2, -0.15) is 13.2 Å². The summed E-state index contributed by atoms with van der Waals surface area (Å²) >= 11 is 0. The van der Waals surface area contributed by atoms with E-state index in [1.165, 1.54) is 0 Å². The number of amides is 1. The second-order valence-corrected chi connectivity index (χ2v) is 4.81. The van der Waals surface area contributed by atoms with Crippen molar-refractivity contribution >= 4 is 5.91 Å². The molecular formula is C11H19F3N2O. The van der Waals surface area contributed by atoms with Crippen LogP contribution in [0.25, 0.3) is 0 Å². The highest BCUT2D eigenvalue weighted by atomic mass is 19.4. The Morgan fingerprint density at radius 1 is 1.29 bits per heavy atom. The molecule has 1 saturated carbocycles. The summed E-state index contributed by atoms with van der Waals surface area (Å²) in [6.07, 6.45) is -1.17. The van der Waals surface area contributed by atoms with E-state index in [1.54, 1.807) is 0 Å². The van der Waals surface area contributed by atoms with E-state index >= 15 is 0 Å². The van der Waals surface area contributed by atoms with Crippen LogP contribution in [-0.2, 0) is 4.79 Å². The minimum absolute atomic E-state index is 0.0639. The Labute approximate surface area is 98.9 Å². The summed E-state index contributed by atoms with van der Waals surface area (Å²) in [4.78, 5) is 11.5. The first-order chi connectivity index (χ1) is 7.81. The first-order valence-electron chi connectivity index (χ1n) is 5.93. The average Bonchev–Trinajstić information content (AvgIpc) is 2.58. The summed E-state index contributed by atoms with van der Waals surface area (Å²) in [7, 11) is 0. The van der Waals surface area contributed by atoms with Crippen LogP contribution in [0.15, 0.2) is 0 Å². The lowest BCUT2D eigenvalue weighted by Gasteiger charge is -2.22. The molecule has 6 heteroatoms. The van der Waals surface area contributed by atoms with Crippen molar-refractivity contribution in [1.82, 2.24) is 5.32 Å². The average molecular weight is 252 g/mol. The minimum atomic E-state index is -4.15. The Morgan fingerprint density at radius 3 is 2.41 bits per heavy atom. The molecule has 0 atom stereocenters. The number of nitrogens with one attached hydrogen (secondary N) is 1. The van der Waals surface area contributed by atoms with E-state index in [2.05, 4.69) is 5.32 Å². The van der Waals surface area contributed by atoms with E-state index in [-0.39, 0.29) is 25.3 Å². The molecule has 3 nitrogen and oxygen atoms in total. The van der Waals surface area contributed by atoms with Gasteiger partial charge in [-0.25, -0.2) is 0 Å². The number of carbonyl (C=O) groups excluding carboxylic acids is 1. The van der Waals surface area contributed by atoms with Crippen LogP contribution in [0.4, 0.5) is 13.2 Å². The van der Waals surface area contributed by atoms with Gasteiger partial charge in [0.2, 0.25) is 5.91 Å². The predicted molar refractivity (Wildman–Crippen MR) is 58.3 cm³/mol. The lowest BCUT2D eigenvalue weighted by atomic mass is 9.94. The van der Waals surface area contributed by atoms with Gasteiger partial charge in [-0.15, -0.1) is 0 Å². The molecule has 1 rings (SSSR count). The van der Waals surface area contributed by atoms with Crippen LogP contribution in [-0.4, -0.2) is 24.2 Å². The normalized spacial score (nSPS) is 19.3. The number of halogens is 3. The first-order valence-corrected chi connectivity index (χ1v) is 5.93. The molecule has 1 aliphatic rings. The molecular weight excluding hydrogens is 233 g/mol. The smallest absolute Gasteiger partial charge is 0.356 e. The third-order valence-corrected chi connectivity index (χ3v) is 3.07. The fraction of sp³-hybridized carbons (Fsp3) is 0.909. The number of rotatable bonds is 5. The van der Waals surface area contributed by atoms with Gasteiger partial charge in [0.1, 0.15) is 0 Å². The Hall–Kier alpha value is -0.780. The summed E-state index contributed by atoms with van der Waals surface area (Å²) in [6, 6.07) is 0. The van der Waals surface area contributed by atoms with Crippen LogP contribution in [0.2, 0.25) is 0 Å². The molecule has 100 valence electrons. The van der Waals surface area contributed by atoms with Crippen molar-refractivity contribution in [1.29, 1.82) is 0 Å². The van der Waals surface area contributed by atoms with E-state index in [0.717, 1.165) is 25.7 Å². The number of carbonyl (C=O) groups is 1. The fourth-order valence-electron chi connectivity index (χ4n) is 2.15. The molecule has 3 N–H and O–H groups in total. The monoisotopic (exact) mass is 252 g/mol. The molecule has 0 bridgehead atoms. The maximum Gasteiger partial charge on any atom is 0.389 e. The van der Waals surface area contributed by atoms with Crippen LogP contribution in [0.5, 0.6) is 0 Å². The molecule has 17 heavy (non-hydrogen) atoms. The molecule has 1 amide bonds. The van der Waals surface area contributed by atoms with Crippen LogP contribution >= 0.6 is 0 Å². The molecule has 0 saturated heterocycles. The number of alkyl halides is 3. The molecule has 0 unspecified atom stereocenters. The second kappa shape index (κ2) is 5.71. The van der Waals surface area contributed by atoms with Gasteiger partial charge in [-0.3, -0.25) is 4.79 Å². The van der Waals surface area contributed by atoms with Gasteiger partial charge >= 0.3 is 6.18 Å². The first kappa shape index (κ1) is 14.3. The zero-order valence-corrected chi connectivity index (χ0v) is 9.78. The highest BCUT2D eigenvalue weighted by molar-refractivity contribution is 5.77. The predicted octanol–water partition coefficient (Wildman–Crippen LogP) is 2.11. The molecule has 0 aliphatic heterocycles. The van der Waals surface area contributed by atoms with Crippen molar-refractivity contribution < 1.29 is 18.0 Å². The van der Waals surface area contributed by atoms with Crippen molar-refractivity contribution in [3.8, 4) is 0 Å². The van der Waals surface area contributed by atoms with E-state index in [9.17, 15) is 18.0 Å². The summed E-state index contributed by atoms with van der Waals surface area (Å²) < 4.78 is 35.5. The van der Waals surface area contributed by atoms with E-state index in [4.69, 9.17) is 5.73 Å². The molecule has 0 heterocycles. The summed E-state index contributed by atoms with van der Waals surface area (Å²) in [5.74, 6) is -0.239. The molecule has 0 aromatic carbocycles. The van der Waals surface area contributed by atoms with Crippen molar-refractivity contribution in [2.75, 3.05) is 6.54 Å². The zero-order chi connectivity index (χ0) is 12.9. The largest absolute Gasteiger partial charge is 0.389 e. The third-order valence-electron chi connectivity index (χ3n) is 3.07. The summed E-state index contributed by atoms with van der Waals surface area (Å²) in [5, 5.41) is 2.49. The number of hydrogen-bond donors (Lipinski definition) is 2. The van der Waals surface area contributed by atoms with E-state index in [0.29, 0.717) is 0 Å². The third kappa shape index (κ3) is 5.91. The lowest BCUT2D eigenvalue weighted by molar-refractivity contribution is -0.136. The second-order valence-electron chi connectivity index (χ2n) is 4.81. The summed E-state index contributed by atoms with van der Waals surface area (Å²) in [5.41, 5.74) is 5.56. The van der Waals surface area contributed by atoms with Gasteiger partial charge in [0.25, 0.3) is 0 Å². The van der Waals surface area contributed by atoms with Gasteiger partial charge in [0.05, 0.1) is 0 Å². The maximum atomic E-state index is 11.8. The highest BCUT2D eigenvalue weighted by Gasteiger charge is 2.31. The molecule has 0 aromatic heterocycles. The molecule has 0 aromatic rings. The maximum absolute atomic E-state index is 11.8. The van der Waals surface area contributed by atoms with Crippen LogP contribution < -0.4 is 11.1 Å². The van der Waals surface area contributed by atoms with Crippen molar-refractivity contribution in [3.05, 3.63) is 0 Å². The topological polar surface area (TPSA) is 55.1 Å². The van der Waals surface area contributed by atoms with Crippen molar-refractivity contribution in [2.45, 2.75) is 56.7 Å². The lowest BCUT2D eigenvalue weighted by Crippen LogP contribution is -2.42. The standard InChI is InChI=1S/C11H19F3N2O/c12-11(13,14)6-3-7-16-9(17)8-10(15)4-1-2-5-10/h1-8,15H2,(H,16,17). The van der Waals surface area contributed by atoms with Gasteiger partial charge in [0.15, 0.2) is 0 Å². The van der Waals surface area contributed by atoms with Gasteiger partial charge < -0.3 is 11.1 Å². The number of nitrogens with two attached hydrogens (primary N) is 1. The Balaban J connectivity index is 2.13. The Kier molecular flexibility index (Phi) is 4.80. The van der Waals surface area contributed by atoms with Gasteiger partial charge in [-0.1, -0.05) is 12.8 Å². The van der Waals surface area contributed by atoms with Crippen LogP contribution in [0.3, 0.4) is 0 Å². The fourth-order valence-corrected chi connectivity index (χ4v) is 2.15. The van der Waals surface area contributed by atoms with E-state index in [1.807, 2.05) is 0 Å². The zero-order valence-electron chi connectivity index (χ0n) is 9.78. The molecule has 1 fully saturated rings. The Morgan fingerprint density at radius 2 is 1.88 bits per heavy atom. The van der Waals surface area contributed by atoms with Crippen molar-refractivity contribution in [3.63, 3.8) is 0 Å². The highest BCUT2D eigenvalue weighted by Crippen LogP contribution is 2.29. The SMILES string of the molecule is NC1(CC(=O)NCCCC(F)(F)F)CCCC1. The van der Waals surface area contributed by atoms with Crippen molar-refractivity contribution in [2.24, 2.45) is 5.73 Å². The molecule has 0 spiro atoms. The minimum Gasteiger partial charge on any atom is -0.356 e. The van der Waals surface area contributed by atoms with Gasteiger partial charge in [0, 0.05) is 24.9 Å². The van der Waals surface area contributed by atoms with E-state index < -0.39 is 18.1 Å². The molecule has 1 aliphatic carbocycles. The van der Waals surface area contributed by atoms with Crippen LogP contribution in [0, 0.1) is 0 Å². The number of hydrogen-bond acceptors (Lipinski definition) is 2. The Bertz CT molecular complexity index is 260. The van der Waals surface area contributed by atoms with Crippen LogP contribution in [0.1, 0.15) is 44.9 Å². The summed E-state index contributed by atoms with van der Waals surface area (Å²) in [6.45, 7) is 0.0639.